The van der Waals surface area contributed by atoms with E-state index in [1.54, 1.807) is 0 Å². The topological polar surface area (TPSA) is 21.3 Å². The highest BCUT2D eigenvalue weighted by Gasteiger charge is 2.21. The molecule has 2 aliphatic rings. The van der Waals surface area contributed by atoms with Crippen LogP contribution in [0.4, 0.5) is 0 Å². The first-order valence-electron chi connectivity index (χ1n) is 6.18. The van der Waals surface area contributed by atoms with E-state index in [0.29, 0.717) is 12.1 Å². The van der Waals surface area contributed by atoms with E-state index in [9.17, 15) is 0 Å². The molecule has 0 aromatic rings. The predicted molar refractivity (Wildman–Crippen MR) is 58.4 cm³/mol. The maximum Gasteiger partial charge on any atom is 0.0620 e. The van der Waals surface area contributed by atoms with Crippen molar-refractivity contribution in [1.29, 1.82) is 0 Å². The van der Waals surface area contributed by atoms with Gasteiger partial charge in [-0.25, -0.2) is 0 Å². The van der Waals surface area contributed by atoms with Gasteiger partial charge in [-0.1, -0.05) is 25.7 Å². The van der Waals surface area contributed by atoms with Crippen molar-refractivity contribution in [3.8, 4) is 0 Å². The Labute approximate surface area is 87.4 Å². The SMILES string of the molecule is CC(CC1CCCC1)NC1CCOC1. The van der Waals surface area contributed by atoms with Crippen molar-refractivity contribution >= 4 is 0 Å². The van der Waals surface area contributed by atoms with Gasteiger partial charge in [0.15, 0.2) is 0 Å². The van der Waals surface area contributed by atoms with Crippen molar-refractivity contribution < 1.29 is 4.74 Å². The Morgan fingerprint density at radius 1 is 1.29 bits per heavy atom. The molecule has 0 aromatic heterocycles. The van der Waals surface area contributed by atoms with E-state index in [4.69, 9.17) is 4.74 Å². The molecular weight excluding hydrogens is 174 g/mol. The summed E-state index contributed by atoms with van der Waals surface area (Å²) in [4.78, 5) is 0. The molecule has 2 nitrogen and oxygen atoms in total. The third-order valence-electron chi connectivity index (χ3n) is 3.61. The summed E-state index contributed by atoms with van der Waals surface area (Å²) in [7, 11) is 0. The Bertz CT molecular complexity index is 142. The average Bonchev–Trinajstić information content (AvgIpc) is 2.76. The summed E-state index contributed by atoms with van der Waals surface area (Å²) >= 11 is 0. The van der Waals surface area contributed by atoms with Gasteiger partial charge in [-0.05, 0) is 25.7 Å². The summed E-state index contributed by atoms with van der Waals surface area (Å²) in [5, 5.41) is 3.68. The van der Waals surface area contributed by atoms with Crippen LogP contribution in [0.1, 0.15) is 45.4 Å². The fourth-order valence-corrected chi connectivity index (χ4v) is 2.88. The lowest BCUT2D eigenvalue weighted by atomic mass is 9.99. The van der Waals surface area contributed by atoms with E-state index < -0.39 is 0 Å². The first kappa shape index (κ1) is 10.4. The van der Waals surface area contributed by atoms with Crippen LogP contribution in [0.3, 0.4) is 0 Å². The Hall–Kier alpha value is -0.0800. The Kier molecular flexibility index (Phi) is 3.82. The Morgan fingerprint density at radius 2 is 2.07 bits per heavy atom. The monoisotopic (exact) mass is 197 g/mol. The van der Waals surface area contributed by atoms with E-state index in [1.165, 1.54) is 38.5 Å². The van der Waals surface area contributed by atoms with Gasteiger partial charge in [-0.2, -0.15) is 0 Å². The van der Waals surface area contributed by atoms with E-state index in [2.05, 4.69) is 12.2 Å². The molecule has 2 atom stereocenters. The summed E-state index contributed by atoms with van der Waals surface area (Å²) in [6, 6.07) is 1.32. The normalized spacial score (nSPS) is 31.1. The van der Waals surface area contributed by atoms with Crippen molar-refractivity contribution in [2.75, 3.05) is 13.2 Å². The first-order chi connectivity index (χ1) is 6.84. The highest BCUT2D eigenvalue weighted by atomic mass is 16.5. The molecule has 0 bridgehead atoms. The van der Waals surface area contributed by atoms with Crippen molar-refractivity contribution in [1.82, 2.24) is 5.32 Å². The third kappa shape index (κ3) is 2.96. The average molecular weight is 197 g/mol. The molecule has 1 aliphatic carbocycles. The van der Waals surface area contributed by atoms with Crippen LogP contribution < -0.4 is 5.32 Å². The lowest BCUT2D eigenvalue weighted by molar-refractivity contribution is 0.187. The second kappa shape index (κ2) is 5.13. The molecule has 2 heteroatoms. The van der Waals surface area contributed by atoms with Crippen LogP contribution in [0.25, 0.3) is 0 Å². The number of hydrogen-bond donors (Lipinski definition) is 1. The molecule has 1 saturated heterocycles. The molecule has 0 radical (unpaired) electrons. The van der Waals surface area contributed by atoms with Crippen molar-refractivity contribution in [2.24, 2.45) is 5.92 Å². The number of nitrogens with one attached hydrogen (secondary N) is 1. The Balaban J connectivity index is 1.64. The number of rotatable bonds is 4. The zero-order valence-electron chi connectivity index (χ0n) is 9.30. The van der Waals surface area contributed by atoms with E-state index in [1.807, 2.05) is 0 Å². The molecule has 2 rings (SSSR count). The molecule has 2 fully saturated rings. The largest absolute Gasteiger partial charge is 0.380 e. The second-order valence-corrected chi connectivity index (χ2v) is 5.01. The lowest BCUT2D eigenvalue weighted by Crippen LogP contribution is -2.37. The highest BCUT2D eigenvalue weighted by molar-refractivity contribution is 4.78. The van der Waals surface area contributed by atoms with Crippen molar-refractivity contribution in [2.45, 2.75) is 57.5 Å². The van der Waals surface area contributed by atoms with Crippen LogP contribution in [0.2, 0.25) is 0 Å². The van der Waals surface area contributed by atoms with E-state index >= 15 is 0 Å². The summed E-state index contributed by atoms with van der Waals surface area (Å²) in [5.74, 6) is 1.000. The molecule has 1 saturated carbocycles. The fourth-order valence-electron chi connectivity index (χ4n) is 2.88. The fraction of sp³-hybridized carbons (Fsp3) is 1.00. The van der Waals surface area contributed by atoms with Gasteiger partial charge in [-0.15, -0.1) is 0 Å². The van der Waals surface area contributed by atoms with Gasteiger partial charge >= 0.3 is 0 Å². The highest BCUT2D eigenvalue weighted by Crippen LogP contribution is 2.28. The summed E-state index contributed by atoms with van der Waals surface area (Å²) in [6.07, 6.45) is 8.43. The van der Waals surface area contributed by atoms with Crippen molar-refractivity contribution in [3.05, 3.63) is 0 Å². The second-order valence-electron chi connectivity index (χ2n) is 5.01. The summed E-state index contributed by atoms with van der Waals surface area (Å²) in [5.41, 5.74) is 0. The first-order valence-corrected chi connectivity index (χ1v) is 6.18. The molecule has 0 amide bonds. The minimum Gasteiger partial charge on any atom is -0.380 e. The van der Waals surface area contributed by atoms with Crippen molar-refractivity contribution in [3.63, 3.8) is 0 Å². The van der Waals surface area contributed by atoms with E-state index in [-0.39, 0.29) is 0 Å². The molecule has 1 aliphatic heterocycles. The zero-order valence-corrected chi connectivity index (χ0v) is 9.30. The number of hydrogen-bond acceptors (Lipinski definition) is 2. The molecular formula is C12H23NO. The molecule has 1 N–H and O–H groups in total. The van der Waals surface area contributed by atoms with E-state index in [0.717, 1.165) is 19.1 Å². The summed E-state index contributed by atoms with van der Waals surface area (Å²) in [6.45, 7) is 4.21. The van der Waals surface area contributed by atoms with Crippen LogP contribution in [0, 0.1) is 5.92 Å². The van der Waals surface area contributed by atoms with Crippen LogP contribution >= 0.6 is 0 Å². The molecule has 82 valence electrons. The van der Waals surface area contributed by atoms with Gasteiger partial charge in [0, 0.05) is 18.7 Å². The smallest absolute Gasteiger partial charge is 0.0620 e. The van der Waals surface area contributed by atoms with Crippen LogP contribution in [-0.2, 0) is 4.74 Å². The van der Waals surface area contributed by atoms with Gasteiger partial charge in [0.05, 0.1) is 6.61 Å². The van der Waals surface area contributed by atoms with Crippen LogP contribution in [0.5, 0.6) is 0 Å². The third-order valence-corrected chi connectivity index (χ3v) is 3.61. The Morgan fingerprint density at radius 3 is 2.71 bits per heavy atom. The quantitative estimate of drug-likeness (QED) is 0.747. The van der Waals surface area contributed by atoms with Gasteiger partial charge in [-0.3, -0.25) is 0 Å². The number of ether oxygens (including phenoxy) is 1. The molecule has 0 spiro atoms. The molecule has 1 heterocycles. The molecule has 0 aromatic carbocycles. The minimum atomic E-state index is 0.631. The summed E-state index contributed by atoms with van der Waals surface area (Å²) < 4.78 is 5.37. The van der Waals surface area contributed by atoms with Gasteiger partial charge in [0.25, 0.3) is 0 Å². The standard InChI is InChI=1S/C12H23NO/c1-10(8-11-4-2-3-5-11)13-12-6-7-14-9-12/h10-13H,2-9H2,1H3. The van der Waals surface area contributed by atoms with Gasteiger partial charge in [0.2, 0.25) is 0 Å². The zero-order chi connectivity index (χ0) is 9.80. The van der Waals surface area contributed by atoms with Crippen LogP contribution in [-0.4, -0.2) is 25.3 Å². The minimum absolute atomic E-state index is 0.631. The molecule has 14 heavy (non-hydrogen) atoms. The van der Waals surface area contributed by atoms with Gasteiger partial charge in [0.1, 0.15) is 0 Å². The maximum atomic E-state index is 5.37. The molecule has 2 unspecified atom stereocenters. The predicted octanol–water partition coefficient (Wildman–Crippen LogP) is 2.33. The maximum absolute atomic E-state index is 5.37. The van der Waals surface area contributed by atoms with Crippen LogP contribution in [0.15, 0.2) is 0 Å². The lowest BCUT2D eigenvalue weighted by Gasteiger charge is -2.21. The van der Waals surface area contributed by atoms with Gasteiger partial charge < -0.3 is 10.1 Å².